The van der Waals surface area contributed by atoms with E-state index in [0.717, 1.165) is 27.4 Å². The maximum Gasteiger partial charge on any atom is 0.249 e. The monoisotopic (exact) mass is 362 g/mol. The molecule has 4 rings (SSSR count). The second kappa shape index (κ2) is 6.85. The molecular formula is C22H19FN2O2. The highest BCUT2D eigenvalue weighted by Gasteiger charge is 2.17. The fraction of sp³-hybridized carbons (Fsp3) is 0.136. The Morgan fingerprint density at radius 1 is 1.07 bits per heavy atom. The standard InChI is InChI=1S/C22H19FN2O2/c1-27-13-14-9-10-16-20(11-14)25(12-15-5-2-3-7-18(15)23)19-8-4-6-17(21(16)19)22(24)26/h2-11H,12-13H2,1H3,(H2,24,26). The minimum absolute atomic E-state index is 0.258. The number of rotatable bonds is 5. The van der Waals surface area contributed by atoms with Crippen LogP contribution in [0.3, 0.4) is 0 Å². The Labute approximate surface area is 156 Å². The molecule has 3 aromatic carbocycles. The number of fused-ring (bicyclic) bond motifs is 3. The third-order valence-corrected chi connectivity index (χ3v) is 4.82. The normalized spacial score (nSPS) is 11.3. The van der Waals surface area contributed by atoms with Crippen LogP contribution in [-0.4, -0.2) is 17.6 Å². The number of halogens is 1. The third-order valence-electron chi connectivity index (χ3n) is 4.82. The molecule has 4 aromatic rings. The molecule has 1 aromatic heterocycles. The van der Waals surface area contributed by atoms with E-state index in [0.29, 0.717) is 24.3 Å². The van der Waals surface area contributed by atoms with E-state index >= 15 is 0 Å². The van der Waals surface area contributed by atoms with Crippen molar-refractivity contribution in [1.29, 1.82) is 0 Å². The molecule has 0 aliphatic heterocycles. The predicted molar refractivity (Wildman–Crippen MR) is 104 cm³/mol. The summed E-state index contributed by atoms with van der Waals surface area (Å²) >= 11 is 0. The number of benzene rings is 3. The lowest BCUT2D eigenvalue weighted by Crippen LogP contribution is -2.11. The average Bonchev–Trinajstić information content (AvgIpc) is 2.97. The Balaban J connectivity index is 2.04. The average molecular weight is 362 g/mol. The lowest BCUT2D eigenvalue weighted by Gasteiger charge is -2.10. The van der Waals surface area contributed by atoms with Gasteiger partial charge in [-0.25, -0.2) is 4.39 Å². The zero-order chi connectivity index (χ0) is 19.0. The number of carbonyl (C=O) groups is 1. The molecule has 0 saturated heterocycles. The van der Waals surface area contributed by atoms with E-state index in [1.165, 1.54) is 6.07 Å². The number of ether oxygens (including phenoxy) is 1. The molecule has 27 heavy (non-hydrogen) atoms. The van der Waals surface area contributed by atoms with Gasteiger partial charge in [-0.3, -0.25) is 4.79 Å². The lowest BCUT2D eigenvalue weighted by molar-refractivity contribution is 0.100. The van der Waals surface area contributed by atoms with Gasteiger partial charge in [-0.15, -0.1) is 0 Å². The summed E-state index contributed by atoms with van der Waals surface area (Å²) < 4.78 is 21.6. The number of hydrogen-bond donors (Lipinski definition) is 1. The van der Waals surface area contributed by atoms with Crippen molar-refractivity contribution in [2.75, 3.05) is 7.11 Å². The largest absolute Gasteiger partial charge is 0.380 e. The molecule has 0 aliphatic rings. The molecular weight excluding hydrogens is 343 g/mol. The maximum absolute atomic E-state index is 14.3. The molecule has 0 fully saturated rings. The summed E-state index contributed by atoms with van der Waals surface area (Å²) in [5.41, 5.74) is 9.41. The summed E-state index contributed by atoms with van der Waals surface area (Å²) in [7, 11) is 1.64. The first-order chi connectivity index (χ1) is 13.1. The van der Waals surface area contributed by atoms with Crippen molar-refractivity contribution in [2.45, 2.75) is 13.2 Å². The highest BCUT2D eigenvalue weighted by Crippen LogP contribution is 2.33. The SMILES string of the molecule is COCc1ccc2c3c(C(N)=O)cccc3n(Cc3ccccc3F)c2c1. The fourth-order valence-corrected chi connectivity index (χ4v) is 3.62. The van der Waals surface area contributed by atoms with Gasteiger partial charge in [0.05, 0.1) is 18.7 Å². The number of aromatic nitrogens is 1. The first-order valence-electron chi connectivity index (χ1n) is 8.66. The molecule has 2 N–H and O–H groups in total. The second-order valence-electron chi connectivity index (χ2n) is 6.53. The Morgan fingerprint density at radius 3 is 2.63 bits per heavy atom. The van der Waals surface area contributed by atoms with Gasteiger partial charge in [0.25, 0.3) is 0 Å². The highest BCUT2D eigenvalue weighted by molar-refractivity contribution is 6.17. The van der Waals surface area contributed by atoms with Crippen molar-refractivity contribution < 1.29 is 13.9 Å². The van der Waals surface area contributed by atoms with Gasteiger partial charge < -0.3 is 15.0 Å². The van der Waals surface area contributed by atoms with Crippen LogP contribution in [0.1, 0.15) is 21.5 Å². The van der Waals surface area contributed by atoms with Gasteiger partial charge >= 0.3 is 0 Å². The zero-order valence-corrected chi connectivity index (χ0v) is 14.9. The van der Waals surface area contributed by atoms with Crippen molar-refractivity contribution in [3.05, 3.63) is 83.2 Å². The number of hydrogen-bond acceptors (Lipinski definition) is 2. The molecule has 0 radical (unpaired) electrons. The Hall–Kier alpha value is -3.18. The van der Waals surface area contributed by atoms with Gasteiger partial charge in [-0.05, 0) is 29.8 Å². The summed E-state index contributed by atoms with van der Waals surface area (Å²) in [6.45, 7) is 0.825. The summed E-state index contributed by atoms with van der Waals surface area (Å²) in [4.78, 5) is 12.0. The summed E-state index contributed by atoms with van der Waals surface area (Å²) in [6, 6.07) is 18.1. The van der Waals surface area contributed by atoms with Gasteiger partial charge in [-0.1, -0.05) is 36.4 Å². The molecule has 0 atom stereocenters. The minimum Gasteiger partial charge on any atom is -0.380 e. The molecule has 0 saturated carbocycles. The number of carbonyl (C=O) groups excluding carboxylic acids is 1. The first kappa shape index (κ1) is 17.2. The summed E-state index contributed by atoms with van der Waals surface area (Å²) in [6.07, 6.45) is 0. The lowest BCUT2D eigenvalue weighted by atomic mass is 10.0. The van der Waals surface area contributed by atoms with E-state index in [9.17, 15) is 9.18 Å². The molecule has 0 spiro atoms. The topological polar surface area (TPSA) is 57.2 Å². The van der Waals surface area contributed by atoms with E-state index < -0.39 is 5.91 Å². The van der Waals surface area contributed by atoms with Crippen molar-refractivity contribution in [2.24, 2.45) is 5.73 Å². The fourth-order valence-electron chi connectivity index (χ4n) is 3.62. The number of methoxy groups -OCH3 is 1. The van der Waals surface area contributed by atoms with E-state index in [1.54, 1.807) is 31.4 Å². The van der Waals surface area contributed by atoms with E-state index in [2.05, 4.69) is 0 Å². The first-order valence-corrected chi connectivity index (χ1v) is 8.66. The smallest absolute Gasteiger partial charge is 0.249 e. The van der Waals surface area contributed by atoms with Crippen molar-refractivity contribution >= 4 is 27.7 Å². The van der Waals surface area contributed by atoms with Crippen LogP contribution < -0.4 is 5.73 Å². The van der Waals surface area contributed by atoms with Crippen LogP contribution in [-0.2, 0) is 17.9 Å². The van der Waals surface area contributed by atoms with Crippen LogP contribution in [0.25, 0.3) is 21.8 Å². The van der Waals surface area contributed by atoms with Crippen LogP contribution in [0.15, 0.2) is 60.7 Å². The Bertz CT molecular complexity index is 1160. The van der Waals surface area contributed by atoms with Gasteiger partial charge in [-0.2, -0.15) is 0 Å². The van der Waals surface area contributed by atoms with Gasteiger partial charge in [0.15, 0.2) is 0 Å². The van der Waals surface area contributed by atoms with E-state index in [-0.39, 0.29) is 5.82 Å². The minimum atomic E-state index is -0.480. The highest BCUT2D eigenvalue weighted by atomic mass is 19.1. The van der Waals surface area contributed by atoms with Crippen LogP contribution in [0.4, 0.5) is 4.39 Å². The quantitative estimate of drug-likeness (QED) is 0.578. The van der Waals surface area contributed by atoms with E-state index in [4.69, 9.17) is 10.5 Å². The predicted octanol–water partition coefficient (Wildman–Crippen LogP) is 4.23. The maximum atomic E-state index is 14.3. The van der Waals surface area contributed by atoms with Gasteiger partial charge in [0, 0.05) is 34.5 Å². The van der Waals surface area contributed by atoms with Crippen LogP contribution in [0, 0.1) is 5.82 Å². The molecule has 1 amide bonds. The molecule has 0 unspecified atom stereocenters. The molecule has 1 heterocycles. The van der Waals surface area contributed by atoms with Crippen LogP contribution >= 0.6 is 0 Å². The molecule has 0 bridgehead atoms. The number of nitrogens with two attached hydrogens (primary N) is 1. The molecule has 136 valence electrons. The molecule has 0 aliphatic carbocycles. The second-order valence-corrected chi connectivity index (χ2v) is 6.53. The zero-order valence-electron chi connectivity index (χ0n) is 14.9. The molecule has 4 nitrogen and oxygen atoms in total. The van der Waals surface area contributed by atoms with Crippen LogP contribution in [0.2, 0.25) is 0 Å². The molecule has 5 heteroatoms. The van der Waals surface area contributed by atoms with E-state index in [1.807, 2.05) is 34.9 Å². The van der Waals surface area contributed by atoms with Crippen molar-refractivity contribution in [3.8, 4) is 0 Å². The number of primary amides is 1. The van der Waals surface area contributed by atoms with Crippen molar-refractivity contribution in [3.63, 3.8) is 0 Å². The van der Waals surface area contributed by atoms with Gasteiger partial charge in [0.1, 0.15) is 5.82 Å². The Morgan fingerprint density at radius 2 is 1.89 bits per heavy atom. The third kappa shape index (κ3) is 2.96. The number of nitrogens with zero attached hydrogens (tertiary/aromatic N) is 1. The number of amides is 1. The Kier molecular flexibility index (Phi) is 4.38. The van der Waals surface area contributed by atoms with Crippen LogP contribution in [0.5, 0.6) is 0 Å². The van der Waals surface area contributed by atoms with Gasteiger partial charge in [0.2, 0.25) is 5.91 Å². The summed E-state index contributed by atoms with van der Waals surface area (Å²) in [5.74, 6) is -0.738. The summed E-state index contributed by atoms with van der Waals surface area (Å²) in [5, 5.41) is 1.70. The van der Waals surface area contributed by atoms with Crippen molar-refractivity contribution in [1.82, 2.24) is 4.57 Å².